The molecule has 9 aromatic rings. The average molecular weight is 1140 g/mol. The van der Waals surface area contributed by atoms with Crippen molar-refractivity contribution in [1.82, 2.24) is 45.0 Å². The fourth-order valence-corrected chi connectivity index (χ4v) is 10.4. The number of nitrogens with two attached hydrogens (primary N) is 2. The van der Waals surface area contributed by atoms with E-state index in [-0.39, 0.29) is 56.8 Å². The molecule has 5 heterocycles. The van der Waals surface area contributed by atoms with Crippen LogP contribution in [0, 0.1) is 0 Å². The third kappa shape index (κ3) is 14.7. The van der Waals surface area contributed by atoms with Crippen molar-refractivity contribution < 1.29 is 39.5 Å². The van der Waals surface area contributed by atoms with Crippen LogP contribution in [0.15, 0.2) is 128 Å². The number of aromatic amines is 2. The first kappa shape index (κ1) is 59.8. The molecule has 1 atom stereocenters. The third-order valence-electron chi connectivity index (χ3n) is 14.7. The predicted octanol–water partition coefficient (Wildman–Crippen LogP) is 6.60. The molecule has 0 spiro atoms. The van der Waals surface area contributed by atoms with Crippen LogP contribution in [0.2, 0.25) is 0 Å². The molecule has 0 aliphatic carbocycles. The van der Waals surface area contributed by atoms with Crippen LogP contribution in [0.25, 0.3) is 45.1 Å². The molecule has 84 heavy (non-hydrogen) atoms. The summed E-state index contributed by atoms with van der Waals surface area (Å²) in [4.78, 5) is 54.4. The number of amides is 2. The highest BCUT2D eigenvalue weighted by atomic mass is 16.5. The summed E-state index contributed by atoms with van der Waals surface area (Å²) in [5, 5.41) is 47.7. The molecule has 1 saturated heterocycles. The molecule has 13 N–H and O–H groups in total. The number of carbonyl (C=O) groups excluding carboxylic acids is 2. The highest BCUT2D eigenvalue weighted by molar-refractivity contribution is 6.07. The van der Waals surface area contributed by atoms with E-state index in [4.69, 9.17) is 31.2 Å². The SMILES string of the molecule is CCc1c(CN2CCN(CCO)CC2)cccc1Nc1c(C(N)=O)cnc2nc(-c3ccc(OCCO)cc3)[nH]c12.CCc1c(CN[C@H](CO)Cc2ccccc2)cccc1Nc1c(C(N)=O)cnc2nc(-c3ccc(OCCO)cc3)[nH]c12. The molecule has 1 fully saturated rings. The standard InChI is InChI=1S/C33H36N6O4.C30H37N7O4/c1-2-26-23(18-35-24(20-41)17-21-7-4-3-5-8-21)9-6-10-28(26)37-29-27(31(34)42)19-36-33-30(29)38-32(39-33)22-11-13-25(14-12-22)43-16-15-40;1-2-23-21(19-37-12-10-36(11-13-37)14-15-38)4-3-5-25(23)33-26-24(28(31)40)18-32-30-27(26)34-29(35-30)20-6-8-22(9-7-20)41-17-16-39/h3-14,19,24,35,40-41H,2,15-18,20H2,1H3,(H2,34,42)(H2,36,37,38,39);3-9,18,38-39H,2,10-17,19H2,1H3,(H2,31,40)(H2,32,33,34,35)/t24-;/m0./s1. The largest absolute Gasteiger partial charge is 0.491 e. The van der Waals surface area contributed by atoms with Crippen molar-refractivity contribution in [3.63, 3.8) is 0 Å². The average Bonchev–Trinajstić information content (AvgIpc) is 4.39. The van der Waals surface area contributed by atoms with E-state index in [1.54, 1.807) is 12.1 Å². The number of H-pyrrole nitrogens is 2. The maximum atomic E-state index is 12.5. The van der Waals surface area contributed by atoms with Gasteiger partial charge in [0.05, 0.1) is 48.9 Å². The molecule has 438 valence electrons. The summed E-state index contributed by atoms with van der Waals surface area (Å²) in [5.74, 6) is 1.25. The van der Waals surface area contributed by atoms with E-state index >= 15 is 0 Å². The number of piperazine rings is 1. The molecule has 21 heteroatoms. The zero-order valence-electron chi connectivity index (χ0n) is 47.3. The predicted molar refractivity (Wildman–Crippen MR) is 326 cm³/mol. The number of hydrogen-bond acceptors (Lipinski definition) is 17. The molecule has 0 saturated carbocycles. The van der Waals surface area contributed by atoms with Gasteiger partial charge < -0.3 is 67.3 Å². The number of aliphatic hydroxyl groups excluding tert-OH is 4. The Morgan fingerprint density at radius 2 is 1.10 bits per heavy atom. The monoisotopic (exact) mass is 1140 g/mol. The Bertz CT molecular complexity index is 3630. The van der Waals surface area contributed by atoms with Crippen LogP contribution in [-0.2, 0) is 32.4 Å². The molecule has 10 rings (SSSR count). The number of aliphatic hydroxyl groups is 4. The Morgan fingerprint density at radius 1 is 0.607 bits per heavy atom. The van der Waals surface area contributed by atoms with Gasteiger partial charge in [-0.2, -0.15) is 0 Å². The second-order valence-corrected chi connectivity index (χ2v) is 20.2. The van der Waals surface area contributed by atoms with Gasteiger partial charge in [0.1, 0.15) is 47.4 Å². The smallest absolute Gasteiger partial charge is 0.252 e. The van der Waals surface area contributed by atoms with Crippen LogP contribution < -0.4 is 36.9 Å². The lowest BCUT2D eigenvalue weighted by molar-refractivity contribution is 0.0992. The van der Waals surface area contributed by atoms with Gasteiger partial charge in [0.2, 0.25) is 0 Å². The summed E-state index contributed by atoms with van der Waals surface area (Å²) < 4.78 is 10.9. The summed E-state index contributed by atoms with van der Waals surface area (Å²) in [6, 6.07) is 36.9. The van der Waals surface area contributed by atoms with Crippen molar-refractivity contribution in [3.05, 3.63) is 167 Å². The molecule has 5 aromatic carbocycles. The molecule has 1 aliphatic heterocycles. The first-order chi connectivity index (χ1) is 41.0. The third-order valence-corrected chi connectivity index (χ3v) is 14.7. The van der Waals surface area contributed by atoms with Gasteiger partial charge in [-0.15, -0.1) is 0 Å². The summed E-state index contributed by atoms with van der Waals surface area (Å²) in [5.41, 5.74) is 24.2. The molecule has 21 nitrogen and oxygen atoms in total. The quantitative estimate of drug-likeness (QED) is 0.0272. The van der Waals surface area contributed by atoms with Crippen LogP contribution >= 0.6 is 0 Å². The van der Waals surface area contributed by atoms with Gasteiger partial charge in [-0.3, -0.25) is 19.4 Å². The summed E-state index contributed by atoms with van der Waals surface area (Å²) >= 11 is 0. The molecule has 4 aromatic heterocycles. The lowest BCUT2D eigenvalue weighted by atomic mass is 10.0. The number of nitrogens with zero attached hydrogens (tertiary/aromatic N) is 6. The number of nitrogens with one attached hydrogen (secondary N) is 5. The normalized spacial score (nSPS) is 13.1. The molecule has 2 amide bonds. The van der Waals surface area contributed by atoms with Crippen LogP contribution in [0.5, 0.6) is 11.5 Å². The highest BCUT2D eigenvalue weighted by Crippen LogP contribution is 2.35. The number of aromatic nitrogens is 6. The van der Waals surface area contributed by atoms with E-state index in [0.717, 1.165) is 91.3 Å². The van der Waals surface area contributed by atoms with Gasteiger partial charge in [-0.1, -0.05) is 68.4 Å². The fraction of sp³-hybridized carbons (Fsp3) is 0.302. The van der Waals surface area contributed by atoms with Gasteiger partial charge in [0.25, 0.3) is 11.8 Å². The zero-order valence-corrected chi connectivity index (χ0v) is 47.3. The lowest BCUT2D eigenvalue weighted by Crippen LogP contribution is -2.46. The van der Waals surface area contributed by atoms with Crippen molar-refractivity contribution >= 4 is 56.9 Å². The van der Waals surface area contributed by atoms with Crippen LogP contribution in [0.3, 0.4) is 0 Å². The number of hydrogen-bond donors (Lipinski definition) is 11. The Balaban J connectivity index is 0.000000202. The minimum atomic E-state index is -0.610. The number of β-amino-alcohol motifs (C(OH)–C–C–N with tert-alkyl or cyclic N) is 1. The van der Waals surface area contributed by atoms with E-state index in [1.165, 1.54) is 23.5 Å². The van der Waals surface area contributed by atoms with Crippen molar-refractivity contribution in [1.29, 1.82) is 0 Å². The minimum Gasteiger partial charge on any atom is -0.491 e. The minimum absolute atomic E-state index is 0.0197. The van der Waals surface area contributed by atoms with Crippen molar-refractivity contribution in [2.45, 2.75) is 52.2 Å². The highest BCUT2D eigenvalue weighted by Gasteiger charge is 2.23. The van der Waals surface area contributed by atoms with Crippen molar-refractivity contribution in [3.8, 4) is 34.3 Å². The number of anilines is 4. The number of primary amides is 2. The Hall–Kier alpha value is -8.80. The van der Waals surface area contributed by atoms with Crippen molar-refractivity contribution in [2.24, 2.45) is 11.5 Å². The molecule has 0 radical (unpaired) electrons. The number of pyridine rings is 2. The van der Waals surface area contributed by atoms with Gasteiger partial charge in [0, 0.05) is 86.8 Å². The second kappa shape index (κ2) is 28.9. The summed E-state index contributed by atoms with van der Waals surface area (Å²) in [6.45, 7) is 10.6. The number of rotatable bonds is 26. The molecule has 1 aliphatic rings. The zero-order chi connectivity index (χ0) is 59.0. The number of imidazole rings is 2. The van der Waals surface area contributed by atoms with E-state index in [9.17, 15) is 19.8 Å². The Morgan fingerprint density at radius 3 is 1.56 bits per heavy atom. The van der Waals surface area contributed by atoms with Crippen LogP contribution in [-0.4, -0.2) is 150 Å². The van der Waals surface area contributed by atoms with E-state index in [2.05, 4.69) is 93.8 Å². The van der Waals surface area contributed by atoms with Gasteiger partial charge in [-0.05, 0) is 108 Å². The number of ether oxygens (including phenoxy) is 2. The first-order valence-corrected chi connectivity index (χ1v) is 28.3. The number of benzene rings is 5. The maximum absolute atomic E-state index is 12.5. The van der Waals surface area contributed by atoms with Crippen LogP contribution in [0.1, 0.15) is 62.4 Å². The van der Waals surface area contributed by atoms with E-state index < -0.39 is 11.8 Å². The van der Waals surface area contributed by atoms with Gasteiger partial charge in [-0.25, -0.2) is 19.9 Å². The lowest BCUT2D eigenvalue weighted by Gasteiger charge is -2.34. The van der Waals surface area contributed by atoms with Crippen molar-refractivity contribution in [2.75, 3.05) is 83.0 Å². The van der Waals surface area contributed by atoms with Crippen LogP contribution in [0.4, 0.5) is 22.7 Å². The Labute approximate surface area is 487 Å². The van der Waals surface area contributed by atoms with E-state index in [0.29, 0.717) is 69.8 Å². The number of fused-ring (bicyclic) bond motifs is 2. The molecule has 0 bridgehead atoms. The molecular weight excluding hydrogens is 1070 g/mol. The number of carbonyl (C=O) groups is 2. The molecule has 0 unspecified atom stereocenters. The Kier molecular flexibility index (Phi) is 20.6. The molecular formula is C63H73N13O8. The fourth-order valence-electron chi connectivity index (χ4n) is 10.4. The maximum Gasteiger partial charge on any atom is 0.252 e. The summed E-state index contributed by atoms with van der Waals surface area (Å²) in [7, 11) is 0. The second-order valence-electron chi connectivity index (χ2n) is 20.2. The van der Waals surface area contributed by atoms with Gasteiger partial charge >= 0.3 is 0 Å². The van der Waals surface area contributed by atoms with Gasteiger partial charge in [0.15, 0.2) is 11.3 Å². The first-order valence-electron chi connectivity index (χ1n) is 28.3. The topological polar surface area (TPSA) is 311 Å². The summed E-state index contributed by atoms with van der Waals surface area (Å²) in [6.07, 6.45) is 5.17. The van der Waals surface area contributed by atoms with E-state index in [1.807, 2.05) is 78.9 Å².